The number of halogens is 1. The molecule has 2 aromatic rings. The molecule has 1 aliphatic rings. The maximum absolute atomic E-state index is 12.3. The van der Waals surface area contributed by atoms with Gasteiger partial charge in [0.05, 0.1) is 0 Å². The Bertz CT molecular complexity index is 746. The summed E-state index contributed by atoms with van der Waals surface area (Å²) >= 11 is 5.99. The molecule has 6 heteroatoms. The molecule has 0 aliphatic heterocycles. The van der Waals surface area contributed by atoms with Gasteiger partial charge in [-0.25, -0.2) is 4.79 Å². The van der Waals surface area contributed by atoms with Crippen LogP contribution in [0, 0.1) is 5.92 Å². The maximum Gasteiger partial charge on any atom is 0.316 e. The average molecular weight is 330 g/mol. The Kier molecular flexibility index (Phi) is 4.21. The zero-order chi connectivity index (χ0) is 16.4. The lowest BCUT2D eigenvalue weighted by molar-refractivity contribution is -0.117. The molecule has 23 heavy (non-hydrogen) atoms. The van der Waals surface area contributed by atoms with Crippen molar-refractivity contribution in [1.82, 2.24) is 0 Å². The number of amides is 3. The fraction of sp³-hybridized carbons (Fsp3) is 0.176. The van der Waals surface area contributed by atoms with Gasteiger partial charge < -0.3 is 16.4 Å². The van der Waals surface area contributed by atoms with Crippen molar-refractivity contribution in [1.29, 1.82) is 0 Å². The molecular formula is C17H16ClN3O2. The van der Waals surface area contributed by atoms with Gasteiger partial charge in [0, 0.05) is 22.3 Å². The van der Waals surface area contributed by atoms with E-state index in [0.29, 0.717) is 16.4 Å². The van der Waals surface area contributed by atoms with Gasteiger partial charge in [0.1, 0.15) is 0 Å². The van der Waals surface area contributed by atoms with E-state index >= 15 is 0 Å². The molecule has 4 N–H and O–H groups in total. The predicted octanol–water partition coefficient (Wildman–Crippen LogP) is 3.57. The van der Waals surface area contributed by atoms with Crippen LogP contribution in [0.15, 0.2) is 48.5 Å². The molecule has 3 rings (SSSR count). The Hall–Kier alpha value is -2.53. The average Bonchev–Trinajstić information content (AvgIpc) is 3.29. The van der Waals surface area contributed by atoms with Crippen LogP contribution in [0.1, 0.15) is 17.9 Å². The number of rotatable bonds is 4. The van der Waals surface area contributed by atoms with Crippen molar-refractivity contribution in [2.75, 3.05) is 10.6 Å². The standard InChI is InChI=1S/C17H16ClN3O2/c18-11-3-1-2-10(8-11)14-9-15(14)16(22)20-12-4-6-13(7-5-12)21-17(19)23/h1-8,14-15H,9H2,(H,20,22)(H3,19,21,23)/t14-,15-/m1/s1. The molecule has 2 aromatic carbocycles. The first-order valence-corrected chi connectivity index (χ1v) is 7.63. The summed E-state index contributed by atoms with van der Waals surface area (Å²) in [7, 11) is 0. The van der Waals surface area contributed by atoms with Crippen molar-refractivity contribution in [2.24, 2.45) is 11.7 Å². The Morgan fingerprint density at radius 1 is 1.04 bits per heavy atom. The number of nitrogens with two attached hydrogens (primary N) is 1. The quantitative estimate of drug-likeness (QED) is 0.801. The number of carbonyl (C=O) groups excluding carboxylic acids is 2. The minimum Gasteiger partial charge on any atom is -0.351 e. The third kappa shape index (κ3) is 3.81. The van der Waals surface area contributed by atoms with Crippen LogP contribution >= 0.6 is 11.6 Å². The highest BCUT2D eigenvalue weighted by Gasteiger charge is 2.43. The number of benzene rings is 2. The van der Waals surface area contributed by atoms with E-state index in [4.69, 9.17) is 17.3 Å². The molecule has 0 bridgehead atoms. The van der Waals surface area contributed by atoms with Crippen LogP contribution in [-0.2, 0) is 4.79 Å². The highest BCUT2D eigenvalue weighted by molar-refractivity contribution is 6.30. The summed E-state index contributed by atoms with van der Waals surface area (Å²) in [6.45, 7) is 0. The van der Waals surface area contributed by atoms with E-state index in [0.717, 1.165) is 12.0 Å². The van der Waals surface area contributed by atoms with Gasteiger partial charge in [0.25, 0.3) is 0 Å². The molecule has 0 aromatic heterocycles. The zero-order valence-electron chi connectivity index (χ0n) is 12.3. The van der Waals surface area contributed by atoms with Gasteiger partial charge in [-0.15, -0.1) is 0 Å². The summed E-state index contributed by atoms with van der Waals surface area (Å²) in [5.41, 5.74) is 7.40. The summed E-state index contributed by atoms with van der Waals surface area (Å²) in [6.07, 6.45) is 0.827. The molecule has 0 unspecified atom stereocenters. The SMILES string of the molecule is NC(=O)Nc1ccc(NC(=O)[C@@H]2C[C@@H]2c2cccc(Cl)c2)cc1. The molecule has 1 fully saturated rings. The number of primary amides is 1. The first-order chi connectivity index (χ1) is 11.0. The molecule has 2 atom stereocenters. The normalized spacial score (nSPS) is 19.0. The second-order valence-electron chi connectivity index (χ2n) is 5.56. The topological polar surface area (TPSA) is 84.2 Å². The second-order valence-corrected chi connectivity index (χ2v) is 6.00. The van der Waals surface area contributed by atoms with Gasteiger partial charge in [0.2, 0.25) is 5.91 Å². The van der Waals surface area contributed by atoms with E-state index in [-0.39, 0.29) is 17.7 Å². The number of nitrogens with one attached hydrogen (secondary N) is 2. The third-order valence-electron chi connectivity index (χ3n) is 3.82. The molecule has 1 aliphatic carbocycles. The lowest BCUT2D eigenvalue weighted by Gasteiger charge is -2.07. The van der Waals surface area contributed by atoms with Crippen molar-refractivity contribution in [3.8, 4) is 0 Å². The zero-order valence-corrected chi connectivity index (χ0v) is 13.0. The summed E-state index contributed by atoms with van der Waals surface area (Å²) in [6, 6.07) is 13.8. The van der Waals surface area contributed by atoms with Crippen molar-refractivity contribution in [3.63, 3.8) is 0 Å². The van der Waals surface area contributed by atoms with Crippen LogP contribution in [0.5, 0.6) is 0 Å². The minimum absolute atomic E-state index is 0.00872. The number of hydrogen-bond acceptors (Lipinski definition) is 2. The van der Waals surface area contributed by atoms with E-state index in [2.05, 4.69) is 10.6 Å². The predicted molar refractivity (Wildman–Crippen MR) is 90.6 cm³/mol. The van der Waals surface area contributed by atoms with Crippen molar-refractivity contribution in [2.45, 2.75) is 12.3 Å². The van der Waals surface area contributed by atoms with E-state index in [1.807, 2.05) is 24.3 Å². The summed E-state index contributed by atoms with van der Waals surface area (Å²) in [4.78, 5) is 23.0. The molecule has 118 valence electrons. The Morgan fingerprint density at radius 3 is 2.30 bits per heavy atom. The van der Waals surface area contributed by atoms with Gasteiger partial charge >= 0.3 is 6.03 Å². The van der Waals surface area contributed by atoms with E-state index in [1.54, 1.807) is 24.3 Å². The highest BCUT2D eigenvalue weighted by Crippen LogP contribution is 2.48. The van der Waals surface area contributed by atoms with E-state index in [1.165, 1.54) is 0 Å². The number of carbonyl (C=O) groups is 2. The summed E-state index contributed by atoms with van der Waals surface area (Å²) in [5.74, 6) is 0.187. The third-order valence-corrected chi connectivity index (χ3v) is 4.06. The molecule has 0 radical (unpaired) electrons. The van der Waals surface area contributed by atoms with Crippen molar-refractivity contribution >= 4 is 34.9 Å². The maximum atomic E-state index is 12.3. The van der Waals surface area contributed by atoms with E-state index in [9.17, 15) is 9.59 Å². The fourth-order valence-electron chi connectivity index (χ4n) is 2.60. The molecule has 3 amide bonds. The van der Waals surface area contributed by atoms with Crippen LogP contribution in [0.3, 0.4) is 0 Å². The van der Waals surface area contributed by atoms with Crippen LogP contribution in [-0.4, -0.2) is 11.9 Å². The summed E-state index contributed by atoms with van der Waals surface area (Å²) in [5, 5.41) is 6.04. The lowest BCUT2D eigenvalue weighted by atomic mass is 10.1. The van der Waals surface area contributed by atoms with Crippen LogP contribution in [0.4, 0.5) is 16.2 Å². The molecular weight excluding hydrogens is 314 g/mol. The second kappa shape index (κ2) is 6.30. The number of urea groups is 1. The lowest BCUT2D eigenvalue weighted by Crippen LogP contribution is -2.19. The van der Waals surface area contributed by atoms with Gasteiger partial charge in [-0.2, -0.15) is 0 Å². The van der Waals surface area contributed by atoms with Crippen molar-refractivity contribution < 1.29 is 9.59 Å². The number of hydrogen-bond donors (Lipinski definition) is 3. The highest BCUT2D eigenvalue weighted by atomic mass is 35.5. The van der Waals surface area contributed by atoms with Gasteiger partial charge in [0.15, 0.2) is 0 Å². The van der Waals surface area contributed by atoms with E-state index < -0.39 is 6.03 Å². The molecule has 0 heterocycles. The summed E-state index contributed by atoms with van der Waals surface area (Å²) < 4.78 is 0. The van der Waals surface area contributed by atoms with Gasteiger partial charge in [-0.05, 0) is 54.3 Å². The largest absolute Gasteiger partial charge is 0.351 e. The minimum atomic E-state index is -0.621. The van der Waals surface area contributed by atoms with Crippen LogP contribution in [0.25, 0.3) is 0 Å². The molecule has 1 saturated carbocycles. The molecule has 0 spiro atoms. The number of anilines is 2. The Morgan fingerprint density at radius 2 is 1.70 bits per heavy atom. The van der Waals surface area contributed by atoms with Gasteiger partial charge in [-0.1, -0.05) is 23.7 Å². The van der Waals surface area contributed by atoms with Gasteiger partial charge in [-0.3, -0.25) is 4.79 Å². The molecule has 5 nitrogen and oxygen atoms in total. The fourth-order valence-corrected chi connectivity index (χ4v) is 2.80. The molecule has 0 saturated heterocycles. The first-order valence-electron chi connectivity index (χ1n) is 7.26. The van der Waals surface area contributed by atoms with Crippen LogP contribution in [0.2, 0.25) is 5.02 Å². The Balaban J connectivity index is 1.59. The smallest absolute Gasteiger partial charge is 0.316 e. The van der Waals surface area contributed by atoms with Crippen molar-refractivity contribution in [3.05, 3.63) is 59.1 Å². The first kappa shape index (κ1) is 15.4. The Labute approximate surface area is 138 Å². The van der Waals surface area contributed by atoms with Crippen LogP contribution < -0.4 is 16.4 Å². The monoisotopic (exact) mass is 329 g/mol.